The molecule has 8 nitrogen and oxygen atoms in total. The topological polar surface area (TPSA) is 111 Å². The van der Waals surface area contributed by atoms with Crippen LogP contribution in [0.3, 0.4) is 0 Å². The van der Waals surface area contributed by atoms with Crippen molar-refractivity contribution in [2.45, 2.75) is 30.2 Å². The molecule has 24 heavy (non-hydrogen) atoms. The quantitative estimate of drug-likeness (QED) is 0.556. The molecular weight excluding hydrogens is 341 g/mol. The predicted molar refractivity (Wildman–Crippen MR) is 84.8 cm³/mol. The van der Waals surface area contributed by atoms with Crippen molar-refractivity contribution >= 4 is 15.7 Å². The van der Waals surface area contributed by atoms with E-state index in [4.69, 9.17) is 4.74 Å². The average molecular weight is 361 g/mol. The van der Waals surface area contributed by atoms with Gasteiger partial charge in [0.1, 0.15) is 5.82 Å². The largest absolute Gasteiger partial charge is 0.383 e. The van der Waals surface area contributed by atoms with Crippen molar-refractivity contribution in [1.29, 1.82) is 0 Å². The fourth-order valence-electron chi connectivity index (χ4n) is 2.77. The normalized spacial score (nSPS) is 21.1. The maximum atomic E-state index is 13.8. The summed E-state index contributed by atoms with van der Waals surface area (Å²) in [6.45, 7) is 2.34. The highest BCUT2D eigenvalue weighted by Gasteiger charge is 2.35. The average Bonchev–Trinajstić information content (AvgIpc) is 2.97. The highest BCUT2D eigenvalue weighted by molar-refractivity contribution is 7.89. The number of nitro groups is 1. The van der Waals surface area contributed by atoms with Crippen LogP contribution < -0.4 is 10.0 Å². The lowest BCUT2D eigenvalue weighted by Crippen LogP contribution is -2.52. The van der Waals surface area contributed by atoms with Gasteiger partial charge in [0.05, 0.1) is 27.5 Å². The number of nitrogens with zero attached hydrogens (tertiary/aromatic N) is 1. The van der Waals surface area contributed by atoms with E-state index in [9.17, 15) is 22.9 Å². The molecule has 1 fully saturated rings. The molecule has 2 N–H and O–H groups in total. The maximum absolute atomic E-state index is 13.8. The van der Waals surface area contributed by atoms with E-state index in [0.29, 0.717) is 6.61 Å². The van der Waals surface area contributed by atoms with Crippen LogP contribution in [0.2, 0.25) is 0 Å². The molecule has 0 saturated carbocycles. The number of benzene rings is 1. The zero-order valence-corrected chi connectivity index (χ0v) is 14.3. The lowest BCUT2D eigenvalue weighted by atomic mass is 9.99. The van der Waals surface area contributed by atoms with E-state index >= 15 is 0 Å². The van der Waals surface area contributed by atoms with Crippen LogP contribution in [0.5, 0.6) is 0 Å². The number of rotatable bonds is 7. The number of sulfonamides is 1. The fraction of sp³-hybridized carbons (Fsp3) is 0.571. The number of nitro benzene ring substituents is 1. The summed E-state index contributed by atoms with van der Waals surface area (Å²) in [6.07, 6.45) is 1.61. The van der Waals surface area contributed by atoms with E-state index in [1.54, 1.807) is 0 Å². The van der Waals surface area contributed by atoms with Crippen molar-refractivity contribution in [1.82, 2.24) is 10.0 Å². The molecule has 1 heterocycles. The van der Waals surface area contributed by atoms with Crippen LogP contribution in [0.1, 0.15) is 18.4 Å². The van der Waals surface area contributed by atoms with Crippen molar-refractivity contribution in [2.75, 3.05) is 26.8 Å². The Morgan fingerprint density at radius 2 is 2.21 bits per heavy atom. The number of nitrogens with one attached hydrogen (secondary N) is 2. The molecule has 10 heteroatoms. The monoisotopic (exact) mass is 361 g/mol. The second-order valence-electron chi connectivity index (χ2n) is 5.87. The Kier molecular flexibility index (Phi) is 5.53. The van der Waals surface area contributed by atoms with Crippen LogP contribution in [-0.4, -0.2) is 45.7 Å². The molecule has 0 spiro atoms. The Morgan fingerprint density at radius 1 is 1.50 bits per heavy atom. The van der Waals surface area contributed by atoms with Crippen LogP contribution in [-0.2, 0) is 14.8 Å². The Labute approximate surface area is 139 Å². The number of hydrogen-bond acceptors (Lipinski definition) is 6. The summed E-state index contributed by atoms with van der Waals surface area (Å²) in [7, 11) is -2.57. The summed E-state index contributed by atoms with van der Waals surface area (Å²) in [6, 6.07) is 1.65. The van der Waals surface area contributed by atoms with Crippen LogP contribution in [0, 0.1) is 22.9 Å². The highest BCUT2D eigenvalue weighted by atomic mass is 32.2. The maximum Gasteiger partial charge on any atom is 0.276 e. The molecule has 1 aromatic carbocycles. The first kappa shape index (κ1) is 18.7. The second kappa shape index (κ2) is 7.09. The van der Waals surface area contributed by atoms with Crippen molar-refractivity contribution in [3.63, 3.8) is 0 Å². The van der Waals surface area contributed by atoms with Gasteiger partial charge < -0.3 is 10.1 Å². The van der Waals surface area contributed by atoms with Crippen molar-refractivity contribution in [3.05, 3.63) is 33.6 Å². The summed E-state index contributed by atoms with van der Waals surface area (Å²) in [4.78, 5) is 9.68. The lowest BCUT2D eigenvalue weighted by molar-refractivity contribution is -0.385. The molecule has 1 unspecified atom stereocenters. The third-order valence-corrected chi connectivity index (χ3v) is 5.53. The number of ether oxygens (including phenoxy) is 1. The molecule has 0 aromatic heterocycles. The van der Waals surface area contributed by atoms with Gasteiger partial charge >= 0.3 is 0 Å². The van der Waals surface area contributed by atoms with E-state index < -0.39 is 36.9 Å². The smallest absolute Gasteiger partial charge is 0.276 e. The molecule has 1 aliphatic rings. The summed E-state index contributed by atoms with van der Waals surface area (Å²) >= 11 is 0. The molecule has 1 aliphatic heterocycles. The lowest BCUT2D eigenvalue weighted by Gasteiger charge is -2.28. The Morgan fingerprint density at radius 3 is 2.75 bits per heavy atom. The molecule has 2 rings (SSSR count). The van der Waals surface area contributed by atoms with Crippen molar-refractivity contribution < 1.29 is 22.5 Å². The third kappa shape index (κ3) is 3.89. The Bertz CT molecular complexity index is 732. The van der Waals surface area contributed by atoms with Crippen LogP contribution in [0.25, 0.3) is 0 Å². The van der Waals surface area contributed by atoms with E-state index in [0.717, 1.165) is 31.5 Å². The van der Waals surface area contributed by atoms with Gasteiger partial charge in [0.15, 0.2) is 0 Å². The van der Waals surface area contributed by atoms with E-state index in [1.165, 1.54) is 14.0 Å². The molecule has 1 aromatic rings. The highest BCUT2D eigenvalue weighted by Crippen LogP contribution is 2.26. The van der Waals surface area contributed by atoms with Gasteiger partial charge in [0.25, 0.3) is 5.69 Å². The number of halogens is 1. The fourth-order valence-corrected chi connectivity index (χ4v) is 3.93. The van der Waals surface area contributed by atoms with Gasteiger partial charge in [-0.1, -0.05) is 0 Å². The predicted octanol–water partition coefficient (Wildman–Crippen LogP) is 1.09. The van der Waals surface area contributed by atoms with Crippen molar-refractivity contribution in [3.8, 4) is 0 Å². The molecule has 0 aliphatic carbocycles. The van der Waals surface area contributed by atoms with Crippen LogP contribution in [0.4, 0.5) is 10.1 Å². The van der Waals surface area contributed by atoms with Gasteiger partial charge in [-0.2, -0.15) is 0 Å². The van der Waals surface area contributed by atoms with Gasteiger partial charge in [-0.15, -0.1) is 0 Å². The third-order valence-electron chi connectivity index (χ3n) is 4.15. The van der Waals surface area contributed by atoms with Gasteiger partial charge in [-0.05, 0) is 32.4 Å². The molecule has 1 saturated heterocycles. The summed E-state index contributed by atoms with van der Waals surface area (Å²) in [5, 5.41) is 14.2. The first-order valence-corrected chi connectivity index (χ1v) is 8.87. The molecule has 0 amide bonds. The molecule has 134 valence electrons. The molecule has 0 bridgehead atoms. The second-order valence-corrected chi connectivity index (χ2v) is 7.64. The number of hydrogen-bond donors (Lipinski definition) is 2. The van der Waals surface area contributed by atoms with Crippen LogP contribution >= 0.6 is 0 Å². The summed E-state index contributed by atoms with van der Waals surface area (Å²) < 4.78 is 46.2. The minimum absolute atomic E-state index is 0.0481. The van der Waals surface area contributed by atoms with E-state index in [1.807, 2.05) is 0 Å². The Balaban J connectivity index is 2.26. The Hall–Kier alpha value is -1.62. The van der Waals surface area contributed by atoms with Crippen molar-refractivity contribution in [2.24, 2.45) is 0 Å². The summed E-state index contributed by atoms with van der Waals surface area (Å²) in [5.74, 6) is -0.935. The molecule has 1 atom stereocenters. The SMILES string of the molecule is COCC1(CNS(=O)(=O)c2cc(F)c(C)c([N+](=O)[O-])c2)CCCN1. The number of methoxy groups -OCH3 is 1. The van der Waals surface area contributed by atoms with Gasteiger partial charge in [-0.3, -0.25) is 10.1 Å². The van der Waals surface area contributed by atoms with E-state index in [2.05, 4.69) is 10.0 Å². The zero-order valence-electron chi connectivity index (χ0n) is 13.5. The van der Waals surface area contributed by atoms with Gasteiger partial charge in [0.2, 0.25) is 10.0 Å². The zero-order chi connectivity index (χ0) is 18.0. The molecule has 0 radical (unpaired) electrons. The first-order valence-electron chi connectivity index (χ1n) is 7.39. The standard InChI is InChI=1S/C14H20FN3O5S/c1-10-12(15)6-11(7-13(10)18(19)20)24(21,22)17-8-14(9-23-2)4-3-5-16-14/h6-7,16-17H,3-5,8-9H2,1-2H3. The first-order chi connectivity index (χ1) is 11.2. The van der Waals surface area contributed by atoms with Gasteiger partial charge in [0, 0.05) is 19.7 Å². The minimum atomic E-state index is -4.09. The van der Waals surface area contributed by atoms with Crippen LogP contribution in [0.15, 0.2) is 17.0 Å². The van der Waals surface area contributed by atoms with E-state index in [-0.39, 0.29) is 12.1 Å². The molecular formula is C14H20FN3O5S. The summed E-state index contributed by atoms with van der Waals surface area (Å²) in [5.41, 5.74) is -1.30. The minimum Gasteiger partial charge on any atom is -0.383 e. The van der Waals surface area contributed by atoms with Gasteiger partial charge in [-0.25, -0.2) is 17.5 Å².